The van der Waals surface area contributed by atoms with Gasteiger partial charge in [-0.2, -0.15) is 0 Å². The van der Waals surface area contributed by atoms with Gasteiger partial charge >= 0.3 is 0 Å². The van der Waals surface area contributed by atoms with Gasteiger partial charge in [-0.1, -0.05) is 6.07 Å². The molecule has 2 heterocycles. The van der Waals surface area contributed by atoms with Crippen molar-refractivity contribution >= 4 is 0 Å². The molecule has 0 amide bonds. The fraction of sp³-hybridized carbons (Fsp3) is 0.643. The molecule has 0 spiro atoms. The molecule has 2 atom stereocenters. The minimum atomic E-state index is 0.0312. The van der Waals surface area contributed by atoms with Gasteiger partial charge in [-0.05, 0) is 52.2 Å². The maximum atomic E-state index is 6.43. The first kappa shape index (κ1) is 13.5. The van der Waals surface area contributed by atoms with Crippen LogP contribution in [0.2, 0.25) is 0 Å². The highest BCUT2D eigenvalue weighted by Crippen LogP contribution is 2.20. The Labute approximate surface area is 110 Å². The molecule has 1 aromatic rings. The summed E-state index contributed by atoms with van der Waals surface area (Å²) in [6.07, 6.45) is 3.13. The zero-order valence-corrected chi connectivity index (χ0v) is 11.6. The van der Waals surface area contributed by atoms with Crippen LogP contribution in [0.15, 0.2) is 18.3 Å². The van der Waals surface area contributed by atoms with Crippen molar-refractivity contribution in [3.63, 3.8) is 0 Å². The zero-order chi connectivity index (χ0) is 13.1. The van der Waals surface area contributed by atoms with Gasteiger partial charge in [0.1, 0.15) is 0 Å². The van der Waals surface area contributed by atoms with Crippen molar-refractivity contribution in [3.8, 4) is 0 Å². The Morgan fingerprint density at radius 3 is 2.78 bits per heavy atom. The van der Waals surface area contributed by atoms with Crippen molar-refractivity contribution < 1.29 is 0 Å². The minimum Gasteiger partial charge on any atom is -0.323 e. The van der Waals surface area contributed by atoms with E-state index in [0.29, 0.717) is 6.04 Å². The van der Waals surface area contributed by atoms with Crippen molar-refractivity contribution in [1.82, 2.24) is 14.8 Å². The third kappa shape index (κ3) is 3.07. The van der Waals surface area contributed by atoms with Gasteiger partial charge < -0.3 is 15.5 Å². The van der Waals surface area contributed by atoms with Gasteiger partial charge in [0.2, 0.25) is 0 Å². The molecule has 0 aromatic carbocycles. The van der Waals surface area contributed by atoms with Crippen LogP contribution in [0.3, 0.4) is 0 Å². The Bertz CT molecular complexity index is 376. The van der Waals surface area contributed by atoms with Crippen molar-refractivity contribution in [2.45, 2.75) is 25.4 Å². The monoisotopic (exact) mass is 248 g/mol. The first-order valence-corrected chi connectivity index (χ1v) is 6.65. The average Bonchev–Trinajstić information content (AvgIpc) is 2.51. The summed E-state index contributed by atoms with van der Waals surface area (Å²) in [6.45, 7) is 5.29. The fourth-order valence-corrected chi connectivity index (χ4v) is 2.59. The molecule has 2 N–H and O–H groups in total. The zero-order valence-electron chi connectivity index (χ0n) is 11.6. The van der Waals surface area contributed by atoms with Crippen molar-refractivity contribution in [2.24, 2.45) is 5.73 Å². The van der Waals surface area contributed by atoms with Gasteiger partial charge in [0, 0.05) is 30.5 Å². The number of aryl methyl sites for hydroxylation is 1. The van der Waals surface area contributed by atoms with Crippen LogP contribution < -0.4 is 5.73 Å². The number of likely N-dealkylation sites (N-methyl/N-ethyl adjacent to an activating group) is 2. The van der Waals surface area contributed by atoms with Gasteiger partial charge in [-0.15, -0.1) is 0 Å². The van der Waals surface area contributed by atoms with Crippen LogP contribution >= 0.6 is 0 Å². The van der Waals surface area contributed by atoms with Crippen LogP contribution in [-0.2, 0) is 0 Å². The minimum absolute atomic E-state index is 0.0312. The predicted molar refractivity (Wildman–Crippen MR) is 74.4 cm³/mol. The van der Waals surface area contributed by atoms with Crippen LogP contribution in [0.5, 0.6) is 0 Å². The number of pyridine rings is 1. The fourth-order valence-electron chi connectivity index (χ4n) is 2.59. The molecule has 18 heavy (non-hydrogen) atoms. The van der Waals surface area contributed by atoms with Crippen LogP contribution in [0.1, 0.15) is 23.7 Å². The standard InChI is InChI=1S/C14H24N4/c1-11-5-6-12(9-16-11)14(15)13-10-17(2)7-4-8-18(13)3/h5-6,9,13-14H,4,7-8,10,15H2,1-3H3. The number of aromatic nitrogens is 1. The lowest BCUT2D eigenvalue weighted by molar-refractivity contribution is 0.196. The van der Waals surface area contributed by atoms with Crippen LogP contribution in [0, 0.1) is 6.92 Å². The molecule has 100 valence electrons. The highest BCUT2D eigenvalue weighted by Gasteiger charge is 2.27. The highest BCUT2D eigenvalue weighted by atomic mass is 15.2. The number of hydrogen-bond acceptors (Lipinski definition) is 4. The molecule has 1 fully saturated rings. The second kappa shape index (κ2) is 5.78. The molecule has 0 saturated carbocycles. The van der Waals surface area contributed by atoms with Crippen LogP contribution in [0.4, 0.5) is 0 Å². The topological polar surface area (TPSA) is 45.4 Å². The average molecular weight is 248 g/mol. The van der Waals surface area contributed by atoms with E-state index in [1.54, 1.807) is 0 Å². The van der Waals surface area contributed by atoms with Gasteiger partial charge in [-0.25, -0.2) is 0 Å². The first-order valence-electron chi connectivity index (χ1n) is 6.65. The van der Waals surface area contributed by atoms with E-state index in [9.17, 15) is 0 Å². The third-order valence-corrected chi connectivity index (χ3v) is 3.85. The molecule has 0 bridgehead atoms. The Kier molecular flexibility index (Phi) is 4.32. The van der Waals surface area contributed by atoms with E-state index < -0.39 is 0 Å². The molecule has 1 saturated heterocycles. The molecular weight excluding hydrogens is 224 g/mol. The molecule has 4 nitrogen and oxygen atoms in total. The van der Waals surface area contributed by atoms with Crippen molar-refractivity contribution in [2.75, 3.05) is 33.7 Å². The van der Waals surface area contributed by atoms with E-state index in [1.165, 1.54) is 6.42 Å². The smallest absolute Gasteiger partial charge is 0.0480 e. The van der Waals surface area contributed by atoms with Crippen molar-refractivity contribution in [1.29, 1.82) is 0 Å². The molecule has 2 unspecified atom stereocenters. The number of rotatable bonds is 2. The van der Waals surface area contributed by atoms with Crippen molar-refractivity contribution in [3.05, 3.63) is 29.6 Å². The normalized spacial score (nSPS) is 24.8. The summed E-state index contributed by atoms with van der Waals surface area (Å²) in [5, 5.41) is 0. The summed E-state index contributed by atoms with van der Waals surface area (Å²) in [6, 6.07) is 4.53. The lowest BCUT2D eigenvalue weighted by Gasteiger charge is -2.32. The second-order valence-electron chi connectivity index (χ2n) is 5.42. The quantitative estimate of drug-likeness (QED) is 0.849. The maximum Gasteiger partial charge on any atom is 0.0480 e. The van der Waals surface area contributed by atoms with Gasteiger partial charge in [0.25, 0.3) is 0 Å². The Balaban J connectivity index is 2.14. The molecule has 0 aliphatic carbocycles. The Morgan fingerprint density at radius 2 is 2.11 bits per heavy atom. The Morgan fingerprint density at radius 1 is 1.33 bits per heavy atom. The van der Waals surface area contributed by atoms with Gasteiger partial charge in [0.15, 0.2) is 0 Å². The first-order chi connectivity index (χ1) is 8.58. The largest absolute Gasteiger partial charge is 0.323 e. The highest BCUT2D eigenvalue weighted by molar-refractivity contribution is 5.19. The Hall–Kier alpha value is -0.970. The summed E-state index contributed by atoms with van der Waals surface area (Å²) >= 11 is 0. The molecule has 2 rings (SSSR count). The van der Waals surface area contributed by atoms with Gasteiger partial charge in [-0.3, -0.25) is 4.98 Å². The van der Waals surface area contributed by atoms with E-state index in [4.69, 9.17) is 5.73 Å². The van der Waals surface area contributed by atoms with Crippen LogP contribution in [0.25, 0.3) is 0 Å². The van der Waals surface area contributed by atoms with E-state index in [-0.39, 0.29) is 6.04 Å². The van der Waals surface area contributed by atoms with Crippen LogP contribution in [-0.4, -0.2) is 54.6 Å². The van der Waals surface area contributed by atoms with E-state index in [0.717, 1.165) is 30.9 Å². The molecular formula is C14H24N4. The number of hydrogen-bond donors (Lipinski definition) is 1. The number of nitrogens with zero attached hydrogens (tertiary/aromatic N) is 3. The third-order valence-electron chi connectivity index (χ3n) is 3.85. The SMILES string of the molecule is Cc1ccc(C(N)C2CN(C)CCCN2C)cn1. The lowest BCUT2D eigenvalue weighted by atomic mass is 10.0. The summed E-state index contributed by atoms with van der Waals surface area (Å²) in [4.78, 5) is 9.10. The summed E-state index contributed by atoms with van der Waals surface area (Å²) in [5.41, 5.74) is 8.60. The van der Waals surface area contributed by atoms with Gasteiger partial charge in [0.05, 0.1) is 0 Å². The number of nitrogens with two attached hydrogens (primary N) is 1. The molecule has 1 aliphatic heterocycles. The van der Waals surface area contributed by atoms with E-state index in [1.807, 2.05) is 19.2 Å². The summed E-state index contributed by atoms with van der Waals surface area (Å²) in [5.74, 6) is 0. The van der Waals surface area contributed by atoms with E-state index in [2.05, 4.69) is 34.9 Å². The van der Waals surface area contributed by atoms with E-state index >= 15 is 0 Å². The summed E-state index contributed by atoms with van der Waals surface area (Å²) in [7, 11) is 4.34. The molecule has 0 radical (unpaired) electrons. The lowest BCUT2D eigenvalue weighted by Crippen LogP contribution is -2.45. The molecule has 1 aromatic heterocycles. The molecule has 1 aliphatic rings. The molecule has 4 heteroatoms. The summed E-state index contributed by atoms with van der Waals surface area (Å²) < 4.78 is 0. The predicted octanol–water partition coefficient (Wildman–Crippen LogP) is 1.03. The second-order valence-corrected chi connectivity index (χ2v) is 5.42. The maximum absolute atomic E-state index is 6.43.